The Morgan fingerprint density at radius 1 is 1.38 bits per heavy atom. The standard InChI is InChI=1S/C14H9N5O4S/c1-2-24-12-10(6-15)11(16-17-12)18-13(20)8-4-3-7(19(22)23)5-9(8)14(18)21/h3-5H,2H2,1H3,(H,16,17). The fourth-order valence-electron chi connectivity index (χ4n) is 2.37. The first-order valence-electron chi connectivity index (χ1n) is 6.78. The molecule has 0 aliphatic carbocycles. The number of benzene rings is 1. The SMILES string of the molecule is CCSc1n[nH]c(N2C(=O)c3ccc([N+](=O)[O-])cc3C2=O)c1C#N. The van der Waals surface area contributed by atoms with Crippen LogP contribution in [-0.2, 0) is 0 Å². The molecule has 1 aromatic heterocycles. The van der Waals surface area contributed by atoms with Crippen molar-refractivity contribution in [2.45, 2.75) is 11.9 Å². The molecule has 9 nitrogen and oxygen atoms in total. The summed E-state index contributed by atoms with van der Waals surface area (Å²) in [6.45, 7) is 1.88. The van der Waals surface area contributed by atoms with Crippen LogP contribution < -0.4 is 4.90 Å². The molecular weight excluding hydrogens is 334 g/mol. The minimum atomic E-state index is -0.730. The molecule has 2 heterocycles. The van der Waals surface area contributed by atoms with Crippen molar-refractivity contribution in [3.63, 3.8) is 0 Å². The van der Waals surface area contributed by atoms with Gasteiger partial charge >= 0.3 is 0 Å². The number of fused-ring (bicyclic) bond motifs is 1. The molecular formula is C14H9N5O4S. The predicted octanol–water partition coefficient (Wildman–Crippen LogP) is 2.10. The highest BCUT2D eigenvalue weighted by Gasteiger charge is 2.40. The predicted molar refractivity (Wildman–Crippen MR) is 83.9 cm³/mol. The molecule has 1 aliphatic heterocycles. The van der Waals surface area contributed by atoms with E-state index in [1.54, 1.807) is 0 Å². The van der Waals surface area contributed by atoms with Gasteiger partial charge in [-0.2, -0.15) is 10.4 Å². The van der Waals surface area contributed by atoms with E-state index in [1.165, 1.54) is 17.8 Å². The number of amides is 2. The summed E-state index contributed by atoms with van der Waals surface area (Å²) in [6, 6.07) is 5.38. The smallest absolute Gasteiger partial charge is 0.268 e. The van der Waals surface area contributed by atoms with Gasteiger partial charge in [0.05, 0.1) is 16.1 Å². The summed E-state index contributed by atoms with van der Waals surface area (Å²) in [5, 5.41) is 27.1. The van der Waals surface area contributed by atoms with E-state index in [4.69, 9.17) is 0 Å². The number of thioether (sulfide) groups is 1. The Hall–Kier alpha value is -3.19. The first-order chi connectivity index (χ1) is 11.5. The largest absolute Gasteiger partial charge is 0.270 e. The van der Waals surface area contributed by atoms with Crippen molar-refractivity contribution in [1.29, 1.82) is 5.26 Å². The van der Waals surface area contributed by atoms with Gasteiger partial charge in [-0.05, 0) is 11.8 Å². The van der Waals surface area contributed by atoms with Crippen LogP contribution >= 0.6 is 11.8 Å². The molecule has 1 aromatic carbocycles. The van der Waals surface area contributed by atoms with Crippen molar-refractivity contribution >= 4 is 35.1 Å². The summed E-state index contributed by atoms with van der Waals surface area (Å²) in [7, 11) is 0. The lowest BCUT2D eigenvalue weighted by Crippen LogP contribution is -2.30. The first-order valence-corrected chi connectivity index (χ1v) is 7.76. The molecule has 0 saturated heterocycles. The van der Waals surface area contributed by atoms with Gasteiger partial charge in [-0.25, -0.2) is 4.90 Å². The molecule has 120 valence electrons. The molecule has 0 unspecified atom stereocenters. The number of nitrogens with zero attached hydrogens (tertiary/aromatic N) is 4. The molecule has 0 atom stereocenters. The van der Waals surface area contributed by atoms with Gasteiger partial charge in [0.2, 0.25) is 0 Å². The van der Waals surface area contributed by atoms with E-state index in [0.717, 1.165) is 17.0 Å². The maximum Gasteiger partial charge on any atom is 0.270 e. The lowest BCUT2D eigenvalue weighted by molar-refractivity contribution is -0.384. The fourth-order valence-corrected chi connectivity index (χ4v) is 3.04. The molecule has 2 amide bonds. The molecule has 0 saturated carbocycles. The van der Waals surface area contributed by atoms with Crippen LogP contribution in [0.4, 0.5) is 11.5 Å². The van der Waals surface area contributed by atoms with Crippen LogP contribution in [0.25, 0.3) is 0 Å². The van der Waals surface area contributed by atoms with E-state index in [9.17, 15) is 25.0 Å². The Kier molecular flexibility index (Phi) is 3.78. The third kappa shape index (κ3) is 2.22. The number of aromatic amines is 1. The molecule has 1 aliphatic rings. The number of aromatic nitrogens is 2. The average Bonchev–Trinajstić information content (AvgIpc) is 3.06. The number of hydrogen-bond acceptors (Lipinski definition) is 7. The lowest BCUT2D eigenvalue weighted by atomic mass is 10.1. The van der Waals surface area contributed by atoms with Crippen molar-refractivity contribution < 1.29 is 14.5 Å². The Balaban J connectivity index is 2.09. The Morgan fingerprint density at radius 2 is 2.08 bits per heavy atom. The molecule has 0 fully saturated rings. The highest BCUT2D eigenvalue weighted by Crippen LogP contribution is 2.34. The van der Waals surface area contributed by atoms with Gasteiger partial charge in [0.25, 0.3) is 17.5 Å². The summed E-state index contributed by atoms with van der Waals surface area (Å²) in [6.07, 6.45) is 0. The summed E-state index contributed by atoms with van der Waals surface area (Å²) in [5.41, 5.74) is -0.221. The topological polar surface area (TPSA) is 133 Å². The molecule has 0 spiro atoms. The monoisotopic (exact) mass is 343 g/mol. The number of rotatable bonds is 4. The minimum absolute atomic E-state index is 0.0256. The summed E-state index contributed by atoms with van der Waals surface area (Å²) in [5.74, 6) is -0.750. The number of nitrogens with one attached hydrogen (secondary N) is 1. The number of nitro groups is 1. The number of nitriles is 1. The van der Waals surface area contributed by atoms with Crippen LogP contribution in [0.2, 0.25) is 0 Å². The van der Waals surface area contributed by atoms with Crippen molar-refractivity contribution in [3.05, 3.63) is 45.0 Å². The number of carbonyl (C=O) groups is 2. The van der Waals surface area contributed by atoms with Gasteiger partial charge in [-0.1, -0.05) is 6.92 Å². The van der Waals surface area contributed by atoms with Crippen LogP contribution in [0.1, 0.15) is 33.2 Å². The third-order valence-corrected chi connectivity index (χ3v) is 4.27. The summed E-state index contributed by atoms with van der Waals surface area (Å²) < 4.78 is 0. The van der Waals surface area contributed by atoms with Gasteiger partial charge in [0.1, 0.15) is 16.7 Å². The maximum absolute atomic E-state index is 12.5. The van der Waals surface area contributed by atoms with E-state index in [2.05, 4.69) is 10.2 Å². The third-order valence-electron chi connectivity index (χ3n) is 3.41. The van der Waals surface area contributed by atoms with Gasteiger partial charge < -0.3 is 0 Å². The van der Waals surface area contributed by atoms with Crippen LogP contribution in [0.15, 0.2) is 23.2 Å². The molecule has 0 radical (unpaired) electrons. The second kappa shape index (κ2) is 5.78. The van der Waals surface area contributed by atoms with Crippen LogP contribution in [0.5, 0.6) is 0 Å². The van der Waals surface area contributed by atoms with Crippen molar-refractivity contribution in [2.75, 3.05) is 10.7 Å². The molecule has 24 heavy (non-hydrogen) atoms. The van der Waals surface area contributed by atoms with Gasteiger partial charge in [-0.15, -0.1) is 11.8 Å². The maximum atomic E-state index is 12.5. The van der Waals surface area contributed by atoms with Gasteiger partial charge in [0.15, 0.2) is 5.82 Å². The zero-order chi connectivity index (χ0) is 17.4. The van der Waals surface area contributed by atoms with Gasteiger partial charge in [0, 0.05) is 12.1 Å². The van der Waals surface area contributed by atoms with Gasteiger partial charge in [-0.3, -0.25) is 24.8 Å². The quantitative estimate of drug-likeness (QED) is 0.389. The zero-order valence-electron chi connectivity index (χ0n) is 12.3. The zero-order valence-corrected chi connectivity index (χ0v) is 13.1. The minimum Gasteiger partial charge on any atom is -0.268 e. The average molecular weight is 343 g/mol. The van der Waals surface area contributed by atoms with Crippen molar-refractivity contribution in [2.24, 2.45) is 0 Å². The van der Waals surface area contributed by atoms with Crippen molar-refractivity contribution in [3.8, 4) is 6.07 Å². The molecule has 3 rings (SSSR count). The van der Waals surface area contributed by atoms with E-state index in [-0.39, 0.29) is 28.2 Å². The van der Waals surface area contributed by atoms with Crippen LogP contribution in [0, 0.1) is 21.4 Å². The number of nitro benzene ring substituents is 1. The number of H-pyrrole nitrogens is 1. The number of carbonyl (C=O) groups excluding carboxylic acids is 2. The highest BCUT2D eigenvalue weighted by atomic mass is 32.2. The molecule has 2 aromatic rings. The molecule has 10 heteroatoms. The first kappa shape index (κ1) is 15.7. The number of hydrogen-bond donors (Lipinski definition) is 1. The number of anilines is 1. The second-order valence-electron chi connectivity index (χ2n) is 4.73. The number of non-ortho nitro benzene ring substituents is 1. The molecule has 0 bridgehead atoms. The fraction of sp³-hybridized carbons (Fsp3) is 0.143. The van der Waals surface area contributed by atoms with Crippen LogP contribution in [0.3, 0.4) is 0 Å². The van der Waals surface area contributed by atoms with E-state index < -0.39 is 16.7 Å². The highest BCUT2D eigenvalue weighted by molar-refractivity contribution is 7.99. The Bertz CT molecular complexity index is 930. The van der Waals surface area contributed by atoms with E-state index in [0.29, 0.717) is 10.8 Å². The second-order valence-corrected chi connectivity index (χ2v) is 5.98. The van der Waals surface area contributed by atoms with E-state index in [1.807, 2.05) is 13.0 Å². The van der Waals surface area contributed by atoms with E-state index >= 15 is 0 Å². The Labute approximate surface area is 139 Å². The summed E-state index contributed by atoms with van der Waals surface area (Å²) in [4.78, 5) is 36.0. The van der Waals surface area contributed by atoms with Crippen molar-refractivity contribution in [1.82, 2.24) is 10.2 Å². The summed E-state index contributed by atoms with van der Waals surface area (Å²) >= 11 is 1.30. The molecule has 1 N–H and O–H groups in total. The lowest BCUT2D eigenvalue weighted by Gasteiger charge is -2.11. The number of imide groups is 1. The van der Waals surface area contributed by atoms with Crippen LogP contribution in [-0.4, -0.2) is 32.7 Å². The Morgan fingerprint density at radius 3 is 2.71 bits per heavy atom. The normalized spacial score (nSPS) is 13.1.